The number of carboxylic acid groups (broad SMARTS) is 1. The van der Waals surface area contributed by atoms with Gasteiger partial charge in [-0.2, -0.15) is 0 Å². The van der Waals surface area contributed by atoms with Crippen LogP contribution in [0.25, 0.3) is 0 Å². The molecule has 2 unspecified atom stereocenters. The van der Waals surface area contributed by atoms with E-state index in [1.807, 2.05) is 0 Å². The van der Waals surface area contributed by atoms with Crippen LogP contribution in [0, 0.1) is 0 Å². The molecule has 2 amide bonds. The summed E-state index contributed by atoms with van der Waals surface area (Å²) >= 11 is 0. The molecule has 0 rings (SSSR count). The highest BCUT2D eigenvalue weighted by Crippen LogP contribution is 2.06. The number of rotatable bonds is 9. The van der Waals surface area contributed by atoms with Gasteiger partial charge in [0.1, 0.15) is 6.04 Å². The summed E-state index contributed by atoms with van der Waals surface area (Å²) in [6.07, 6.45) is 5.43. The molecule has 0 saturated carbocycles. The Hall–Kier alpha value is -1.26. The molecule has 0 aromatic rings. The van der Waals surface area contributed by atoms with Crippen molar-refractivity contribution < 1.29 is 14.7 Å². The summed E-state index contributed by atoms with van der Waals surface area (Å²) in [5.74, 6) is -0.992. The van der Waals surface area contributed by atoms with Crippen molar-refractivity contribution in [3.8, 4) is 0 Å². The lowest BCUT2D eigenvalue weighted by atomic mass is 10.1. The van der Waals surface area contributed by atoms with E-state index in [0.29, 0.717) is 6.42 Å². The van der Waals surface area contributed by atoms with Gasteiger partial charge in [-0.1, -0.05) is 40.0 Å². The number of carbonyl (C=O) groups is 2. The summed E-state index contributed by atoms with van der Waals surface area (Å²) in [5.41, 5.74) is 0. The number of hydrogen-bond donors (Lipinski definition) is 3. The molecule has 0 aliphatic rings. The molecule has 0 saturated heterocycles. The van der Waals surface area contributed by atoms with Crippen molar-refractivity contribution in [2.45, 2.75) is 71.4 Å². The first-order valence-electron chi connectivity index (χ1n) is 6.84. The minimum Gasteiger partial charge on any atom is -0.480 e. The maximum absolute atomic E-state index is 11.7. The third-order valence-corrected chi connectivity index (χ3v) is 2.89. The van der Waals surface area contributed by atoms with Gasteiger partial charge < -0.3 is 15.7 Å². The molecular weight excluding hydrogens is 232 g/mol. The van der Waals surface area contributed by atoms with Crippen molar-refractivity contribution in [3.63, 3.8) is 0 Å². The fourth-order valence-corrected chi connectivity index (χ4v) is 1.81. The second-order valence-corrected chi connectivity index (χ2v) is 4.54. The first-order valence-corrected chi connectivity index (χ1v) is 6.84. The van der Waals surface area contributed by atoms with E-state index in [4.69, 9.17) is 5.11 Å². The average molecular weight is 258 g/mol. The highest BCUT2D eigenvalue weighted by molar-refractivity contribution is 5.82. The molecule has 106 valence electrons. The summed E-state index contributed by atoms with van der Waals surface area (Å²) in [4.78, 5) is 22.5. The van der Waals surface area contributed by atoms with Crippen LogP contribution in [0.2, 0.25) is 0 Å². The van der Waals surface area contributed by atoms with Gasteiger partial charge in [-0.15, -0.1) is 0 Å². The Kier molecular flexibility index (Phi) is 9.06. The topological polar surface area (TPSA) is 78.4 Å². The first kappa shape index (κ1) is 16.7. The van der Waals surface area contributed by atoms with Gasteiger partial charge >= 0.3 is 12.0 Å². The van der Waals surface area contributed by atoms with E-state index < -0.39 is 12.0 Å². The van der Waals surface area contributed by atoms with Gasteiger partial charge in [0.15, 0.2) is 0 Å². The standard InChI is InChI=1S/C13H26N2O3/c1-4-7-9-10(8-5-2)14-13(18)15-11(6-3)12(16)17/h10-11H,4-9H2,1-3H3,(H,16,17)(H2,14,15,18). The van der Waals surface area contributed by atoms with E-state index in [0.717, 1.165) is 32.1 Å². The predicted molar refractivity (Wildman–Crippen MR) is 71.6 cm³/mol. The molecule has 3 N–H and O–H groups in total. The largest absolute Gasteiger partial charge is 0.480 e. The van der Waals surface area contributed by atoms with Crippen LogP contribution in [0.1, 0.15) is 59.3 Å². The highest BCUT2D eigenvalue weighted by atomic mass is 16.4. The Bertz CT molecular complexity index is 257. The van der Waals surface area contributed by atoms with Crippen molar-refractivity contribution in [2.24, 2.45) is 0 Å². The van der Waals surface area contributed by atoms with Gasteiger partial charge in [0, 0.05) is 6.04 Å². The maximum Gasteiger partial charge on any atom is 0.326 e. The van der Waals surface area contributed by atoms with Gasteiger partial charge in [-0.05, 0) is 19.3 Å². The monoisotopic (exact) mass is 258 g/mol. The number of carboxylic acids is 1. The number of carbonyl (C=O) groups excluding carboxylic acids is 1. The number of aliphatic carboxylic acids is 1. The third kappa shape index (κ3) is 7.14. The van der Waals surface area contributed by atoms with E-state index >= 15 is 0 Å². The minimum atomic E-state index is -0.992. The smallest absolute Gasteiger partial charge is 0.326 e. The van der Waals surface area contributed by atoms with E-state index in [9.17, 15) is 9.59 Å². The average Bonchev–Trinajstić information content (AvgIpc) is 2.32. The summed E-state index contributed by atoms with van der Waals surface area (Å²) in [5, 5.41) is 14.2. The number of nitrogens with one attached hydrogen (secondary N) is 2. The fraction of sp³-hybridized carbons (Fsp3) is 0.846. The number of urea groups is 1. The molecule has 0 radical (unpaired) electrons. The molecule has 0 aliphatic heterocycles. The Balaban J connectivity index is 4.18. The van der Waals surface area contributed by atoms with Crippen molar-refractivity contribution in [1.29, 1.82) is 0 Å². The summed E-state index contributed by atoms with van der Waals surface area (Å²) in [6, 6.07) is -1.04. The predicted octanol–water partition coefficient (Wildman–Crippen LogP) is 2.51. The van der Waals surface area contributed by atoms with Gasteiger partial charge in [0.2, 0.25) is 0 Å². The second kappa shape index (κ2) is 9.74. The van der Waals surface area contributed by atoms with Crippen LogP contribution in [-0.2, 0) is 4.79 Å². The second-order valence-electron chi connectivity index (χ2n) is 4.54. The normalized spacial score (nSPS) is 13.7. The lowest BCUT2D eigenvalue weighted by Crippen LogP contribution is -2.48. The van der Waals surface area contributed by atoms with Crippen LogP contribution >= 0.6 is 0 Å². The molecule has 0 fully saturated rings. The minimum absolute atomic E-state index is 0.140. The highest BCUT2D eigenvalue weighted by Gasteiger charge is 2.19. The Morgan fingerprint density at radius 3 is 2.17 bits per heavy atom. The molecule has 0 spiro atoms. The van der Waals surface area contributed by atoms with Crippen LogP contribution in [-0.4, -0.2) is 29.2 Å². The molecule has 0 aliphatic carbocycles. The zero-order valence-corrected chi connectivity index (χ0v) is 11.7. The quantitative estimate of drug-likeness (QED) is 0.594. The van der Waals surface area contributed by atoms with Crippen molar-refractivity contribution in [3.05, 3.63) is 0 Å². The Morgan fingerprint density at radius 2 is 1.72 bits per heavy atom. The zero-order valence-electron chi connectivity index (χ0n) is 11.7. The van der Waals surface area contributed by atoms with Crippen molar-refractivity contribution >= 4 is 12.0 Å². The van der Waals surface area contributed by atoms with E-state index in [-0.39, 0.29) is 12.1 Å². The van der Waals surface area contributed by atoms with Crippen LogP contribution in [0.15, 0.2) is 0 Å². The number of amides is 2. The Labute approximate surface area is 109 Å². The van der Waals surface area contributed by atoms with Gasteiger partial charge in [-0.25, -0.2) is 9.59 Å². The Morgan fingerprint density at radius 1 is 1.06 bits per heavy atom. The summed E-state index contributed by atoms with van der Waals surface area (Å²) < 4.78 is 0. The van der Waals surface area contributed by atoms with E-state index in [1.165, 1.54) is 0 Å². The summed E-state index contributed by atoms with van der Waals surface area (Å²) in [6.45, 7) is 5.92. The molecule has 0 heterocycles. The molecule has 5 heteroatoms. The third-order valence-electron chi connectivity index (χ3n) is 2.89. The van der Waals surface area contributed by atoms with Crippen LogP contribution in [0.5, 0.6) is 0 Å². The number of hydrogen-bond acceptors (Lipinski definition) is 2. The van der Waals surface area contributed by atoms with Crippen molar-refractivity contribution in [1.82, 2.24) is 10.6 Å². The first-order chi connectivity index (χ1) is 8.54. The van der Waals surface area contributed by atoms with E-state index in [2.05, 4.69) is 24.5 Å². The molecule has 0 aromatic carbocycles. The molecular formula is C13H26N2O3. The molecule has 0 bridgehead atoms. The zero-order chi connectivity index (χ0) is 14.0. The lowest BCUT2D eigenvalue weighted by Gasteiger charge is -2.20. The fourth-order valence-electron chi connectivity index (χ4n) is 1.81. The van der Waals surface area contributed by atoms with Gasteiger partial charge in [0.05, 0.1) is 0 Å². The van der Waals surface area contributed by atoms with Crippen LogP contribution < -0.4 is 10.6 Å². The molecule has 0 aromatic heterocycles. The summed E-state index contributed by atoms with van der Waals surface area (Å²) in [7, 11) is 0. The van der Waals surface area contributed by atoms with Crippen LogP contribution in [0.3, 0.4) is 0 Å². The molecule has 2 atom stereocenters. The SMILES string of the molecule is CCCCC(CCC)NC(=O)NC(CC)C(=O)O. The van der Waals surface area contributed by atoms with Gasteiger partial charge in [0.25, 0.3) is 0 Å². The van der Waals surface area contributed by atoms with Crippen molar-refractivity contribution in [2.75, 3.05) is 0 Å². The van der Waals surface area contributed by atoms with E-state index in [1.54, 1.807) is 6.92 Å². The van der Waals surface area contributed by atoms with Crippen LogP contribution in [0.4, 0.5) is 4.79 Å². The molecule has 18 heavy (non-hydrogen) atoms. The maximum atomic E-state index is 11.7. The number of unbranched alkanes of at least 4 members (excludes halogenated alkanes) is 1. The lowest BCUT2D eigenvalue weighted by molar-refractivity contribution is -0.139. The van der Waals surface area contributed by atoms with Gasteiger partial charge in [-0.3, -0.25) is 0 Å². The molecule has 5 nitrogen and oxygen atoms in total.